The predicted molar refractivity (Wildman–Crippen MR) is 80.2 cm³/mol. The summed E-state index contributed by atoms with van der Waals surface area (Å²) in [5.74, 6) is 2.15. The Bertz CT molecular complexity index is 346. The van der Waals surface area contributed by atoms with Crippen molar-refractivity contribution in [2.24, 2.45) is 11.8 Å². The van der Waals surface area contributed by atoms with Gasteiger partial charge in [-0.1, -0.05) is 28.1 Å². The van der Waals surface area contributed by atoms with Gasteiger partial charge in [-0.05, 0) is 55.2 Å². The molecule has 0 bridgehead atoms. The van der Waals surface area contributed by atoms with Gasteiger partial charge in [-0.3, -0.25) is 0 Å². The van der Waals surface area contributed by atoms with Crippen LogP contribution in [0.3, 0.4) is 0 Å². The molecule has 1 fully saturated rings. The van der Waals surface area contributed by atoms with E-state index >= 15 is 0 Å². The molecule has 2 rings (SSSR count). The van der Waals surface area contributed by atoms with Gasteiger partial charge in [-0.15, -0.1) is 11.6 Å². The van der Waals surface area contributed by atoms with E-state index in [1.807, 2.05) is 0 Å². The van der Waals surface area contributed by atoms with Crippen LogP contribution in [0, 0.1) is 11.8 Å². The molecule has 1 atom stereocenters. The minimum atomic E-state index is 0.593. The largest absolute Gasteiger partial charge is 0.381 e. The van der Waals surface area contributed by atoms with Crippen LogP contribution in [0.1, 0.15) is 24.8 Å². The first kappa shape index (κ1) is 14.4. The molecule has 0 radical (unpaired) electrons. The maximum Gasteiger partial charge on any atom is 0.0468 e. The zero-order valence-corrected chi connectivity index (χ0v) is 12.9. The van der Waals surface area contributed by atoms with Crippen molar-refractivity contribution in [2.45, 2.75) is 25.7 Å². The third kappa shape index (κ3) is 4.56. The first-order valence-electron chi connectivity index (χ1n) is 6.66. The van der Waals surface area contributed by atoms with Gasteiger partial charge in [0.05, 0.1) is 0 Å². The van der Waals surface area contributed by atoms with Gasteiger partial charge in [0.1, 0.15) is 0 Å². The maximum absolute atomic E-state index is 6.13. The average Bonchev–Trinajstić information content (AvgIpc) is 2.41. The standard InChI is InChI=1S/C15H20BrClO/c16-15-3-1-12(2-4-15)9-14(11-17)10-13-5-7-18-8-6-13/h1-4,13-14H,5-11H2. The normalized spacial score (nSPS) is 18.8. The number of halogens is 2. The van der Waals surface area contributed by atoms with Crippen LogP contribution >= 0.6 is 27.5 Å². The van der Waals surface area contributed by atoms with Crippen LogP contribution in [0.4, 0.5) is 0 Å². The van der Waals surface area contributed by atoms with Crippen LogP contribution in [-0.2, 0) is 11.2 Å². The first-order chi connectivity index (χ1) is 8.78. The topological polar surface area (TPSA) is 9.23 Å². The Balaban J connectivity index is 1.86. The summed E-state index contributed by atoms with van der Waals surface area (Å²) in [7, 11) is 0. The number of ether oxygens (including phenoxy) is 1. The van der Waals surface area contributed by atoms with Crippen molar-refractivity contribution in [2.75, 3.05) is 19.1 Å². The molecule has 1 aliphatic rings. The third-order valence-corrected chi connectivity index (χ3v) is 4.63. The molecule has 1 saturated heterocycles. The summed E-state index contributed by atoms with van der Waals surface area (Å²) in [4.78, 5) is 0. The first-order valence-corrected chi connectivity index (χ1v) is 7.99. The molecule has 0 N–H and O–H groups in total. The van der Waals surface area contributed by atoms with Crippen LogP contribution in [0.15, 0.2) is 28.7 Å². The zero-order valence-electron chi connectivity index (χ0n) is 10.6. The highest BCUT2D eigenvalue weighted by Gasteiger charge is 2.19. The molecule has 3 heteroatoms. The molecule has 0 saturated carbocycles. The Hall–Kier alpha value is -0.0500. The Morgan fingerprint density at radius 2 is 1.89 bits per heavy atom. The highest BCUT2D eigenvalue weighted by Crippen LogP contribution is 2.26. The van der Waals surface area contributed by atoms with Crippen LogP contribution < -0.4 is 0 Å². The van der Waals surface area contributed by atoms with Crippen molar-refractivity contribution in [3.05, 3.63) is 34.3 Å². The lowest BCUT2D eigenvalue weighted by Crippen LogP contribution is -2.20. The summed E-state index contributed by atoms with van der Waals surface area (Å²) in [5.41, 5.74) is 1.39. The maximum atomic E-state index is 6.13. The molecule has 1 aromatic rings. The van der Waals surface area contributed by atoms with Gasteiger partial charge < -0.3 is 4.74 Å². The lowest BCUT2D eigenvalue weighted by atomic mass is 9.86. The summed E-state index contributed by atoms with van der Waals surface area (Å²) in [6.45, 7) is 1.86. The summed E-state index contributed by atoms with van der Waals surface area (Å²) < 4.78 is 6.55. The Kier molecular flexibility index (Phi) is 6.00. The van der Waals surface area contributed by atoms with Gasteiger partial charge in [-0.25, -0.2) is 0 Å². The predicted octanol–water partition coefficient (Wildman–Crippen LogP) is 4.66. The summed E-state index contributed by atoms with van der Waals surface area (Å²) in [6, 6.07) is 8.59. The van der Waals surface area contributed by atoms with E-state index in [0.29, 0.717) is 5.92 Å². The summed E-state index contributed by atoms with van der Waals surface area (Å²) in [6.07, 6.45) is 4.73. The lowest BCUT2D eigenvalue weighted by molar-refractivity contribution is 0.0595. The van der Waals surface area contributed by atoms with Crippen molar-refractivity contribution < 1.29 is 4.74 Å². The molecule has 1 heterocycles. The van der Waals surface area contributed by atoms with Gasteiger partial charge in [0, 0.05) is 23.6 Å². The fourth-order valence-corrected chi connectivity index (χ4v) is 3.11. The minimum absolute atomic E-state index is 0.593. The summed E-state index contributed by atoms with van der Waals surface area (Å²) >= 11 is 9.60. The van der Waals surface area contributed by atoms with E-state index in [2.05, 4.69) is 40.2 Å². The quantitative estimate of drug-likeness (QED) is 0.713. The number of rotatable bonds is 5. The smallest absolute Gasteiger partial charge is 0.0468 e. The van der Waals surface area contributed by atoms with E-state index in [1.165, 1.54) is 24.8 Å². The lowest BCUT2D eigenvalue weighted by Gasteiger charge is -2.25. The van der Waals surface area contributed by atoms with Gasteiger partial charge in [0.2, 0.25) is 0 Å². The molecule has 0 aromatic heterocycles. The monoisotopic (exact) mass is 330 g/mol. The van der Waals surface area contributed by atoms with E-state index in [1.54, 1.807) is 0 Å². The van der Waals surface area contributed by atoms with Crippen LogP contribution in [0.25, 0.3) is 0 Å². The minimum Gasteiger partial charge on any atom is -0.381 e. The highest BCUT2D eigenvalue weighted by molar-refractivity contribution is 9.10. The number of benzene rings is 1. The molecule has 0 spiro atoms. The molecule has 18 heavy (non-hydrogen) atoms. The highest BCUT2D eigenvalue weighted by atomic mass is 79.9. The molecule has 1 aromatic carbocycles. The van der Waals surface area contributed by atoms with E-state index in [4.69, 9.17) is 16.3 Å². The number of hydrogen-bond donors (Lipinski definition) is 0. The Morgan fingerprint density at radius 3 is 2.50 bits per heavy atom. The molecule has 0 aliphatic carbocycles. The second kappa shape index (κ2) is 7.52. The van der Waals surface area contributed by atoms with Crippen LogP contribution in [0.2, 0.25) is 0 Å². The summed E-state index contributed by atoms with van der Waals surface area (Å²) in [5, 5.41) is 0. The fraction of sp³-hybridized carbons (Fsp3) is 0.600. The number of alkyl halides is 1. The van der Waals surface area contributed by atoms with Crippen molar-refractivity contribution >= 4 is 27.5 Å². The van der Waals surface area contributed by atoms with Crippen molar-refractivity contribution in [1.82, 2.24) is 0 Å². The van der Waals surface area contributed by atoms with E-state index < -0.39 is 0 Å². The molecular weight excluding hydrogens is 312 g/mol. The SMILES string of the molecule is ClCC(Cc1ccc(Br)cc1)CC1CCOCC1. The van der Waals surface area contributed by atoms with E-state index in [9.17, 15) is 0 Å². The molecule has 1 nitrogen and oxygen atoms in total. The van der Waals surface area contributed by atoms with Crippen LogP contribution in [0.5, 0.6) is 0 Å². The van der Waals surface area contributed by atoms with Gasteiger partial charge in [0.25, 0.3) is 0 Å². The van der Waals surface area contributed by atoms with Gasteiger partial charge in [0.15, 0.2) is 0 Å². The van der Waals surface area contributed by atoms with E-state index in [0.717, 1.165) is 35.9 Å². The van der Waals surface area contributed by atoms with Crippen molar-refractivity contribution in [1.29, 1.82) is 0 Å². The van der Waals surface area contributed by atoms with E-state index in [-0.39, 0.29) is 0 Å². The molecule has 1 unspecified atom stereocenters. The third-order valence-electron chi connectivity index (χ3n) is 3.66. The second-order valence-electron chi connectivity index (χ2n) is 5.14. The molecular formula is C15H20BrClO. The molecule has 100 valence electrons. The zero-order chi connectivity index (χ0) is 12.8. The van der Waals surface area contributed by atoms with Gasteiger partial charge in [-0.2, -0.15) is 0 Å². The molecule has 1 aliphatic heterocycles. The van der Waals surface area contributed by atoms with Crippen molar-refractivity contribution in [3.8, 4) is 0 Å². The second-order valence-corrected chi connectivity index (χ2v) is 6.37. The molecule has 0 amide bonds. The van der Waals surface area contributed by atoms with Crippen molar-refractivity contribution in [3.63, 3.8) is 0 Å². The average molecular weight is 332 g/mol. The fourth-order valence-electron chi connectivity index (χ4n) is 2.61. The van der Waals surface area contributed by atoms with Crippen LogP contribution in [-0.4, -0.2) is 19.1 Å². The Morgan fingerprint density at radius 1 is 1.22 bits per heavy atom. The Labute approximate surface area is 123 Å². The number of hydrogen-bond acceptors (Lipinski definition) is 1. The van der Waals surface area contributed by atoms with Gasteiger partial charge >= 0.3 is 0 Å².